The molecule has 1 fully saturated rings. The standard InChI is InChI=1S/C20H33N4O3P/c1-6-7-8-14-23-15-13(21)9-10-22-19(15)24(14)20-17(26)16(25)18(27-20)12(2)11-28(3,4)5/h9-10,12,16-18,20,25-26H,3,6-8,11H2,1-2,4-5H3,(H2,21,22)/t12?,16-,17+,18+,20+/m0/s1. The van der Waals surface area contributed by atoms with Crippen LogP contribution < -0.4 is 5.73 Å². The van der Waals surface area contributed by atoms with E-state index in [-0.39, 0.29) is 5.92 Å². The molecule has 1 aliphatic heterocycles. The van der Waals surface area contributed by atoms with Gasteiger partial charge in [-0.1, -0.05) is 20.3 Å². The van der Waals surface area contributed by atoms with Crippen molar-refractivity contribution in [2.24, 2.45) is 5.92 Å². The number of rotatable bonds is 7. The van der Waals surface area contributed by atoms with Crippen LogP contribution in [0.3, 0.4) is 0 Å². The lowest BCUT2D eigenvalue weighted by Crippen LogP contribution is -2.36. The molecule has 0 bridgehead atoms. The first-order valence-corrected chi connectivity index (χ1v) is 13.0. The molecule has 1 saturated heterocycles. The predicted molar refractivity (Wildman–Crippen MR) is 116 cm³/mol. The molecule has 0 saturated carbocycles. The van der Waals surface area contributed by atoms with Gasteiger partial charge in [-0.3, -0.25) is 4.57 Å². The Morgan fingerprint density at radius 2 is 2.07 bits per heavy atom. The Bertz CT molecular complexity index is 878. The molecule has 28 heavy (non-hydrogen) atoms. The number of fused-ring (bicyclic) bond motifs is 1. The van der Waals surface area contributed by atoms with Gasteiger partial charge in [0.1, 0.15) is 23.5 Å². The minimum atomic E-state index is -1.29. The highest BCUT2D eigenvalue weighted by molar-refractivity contribution is 7.72. The van der Waals surface area contributed by atoms with E-state index < -0.39 is 31.4 Å². The van der Waals surface area contributed by atoms with Crippen molar-refractivity contribution >= 4 is 30.0 Å². The summed E-state index contributed by atoms with van der Waals surface area (Å²) in [7, 11) is 0. The van der Waals surface area contributed by atoms with E-state index in [1.807, 2.05) is 4.57 Å². The van der Waals surface area contributed by atoms with Crippen LogP contribution >= 0.6 is 6.89 Å². The van der Waals surface area contributed by atoms with Crippen LogP contribution in [0.1, 0.15) is 38.7 Å². The summed E-state index contributed by atoms with van der Waals surface area (Å²) < 4.78 is 8.06. The van der Waals surface area contributed by atoms with Gasteiger partial charge in [0.25, 0.3) is 0 Å². The van der Waals surface area contributed by atoms with Crippen molar-refractivity contribution in [3.63, 3.8) is 0 Å². The van der Waals surface area contributed by atoms with Gasteiger partial charge in [0.15, 0.2) is 11.9 Å². The molecule has 0 radical (unpaired) electrons. The predicted octanol–water partition coefficient (Wildman–Crippen LogP) is 2.32. The third-order valence-corrected chi connectivity index (χ3v) is 6.87. The summed E-state index contributed by atoms with van der Waals surface area (Å²) in [6.07, 6.45) is 6.26. The zero-order chi connectivity index (χ0) is 20.6. The number of hydrogen-bond acceptors (Lipinski definition) is 6. The van der Waals surface area contributed by atoms with E-state index in [1.165, 1.54) is 0 Å². The topological polar surface area (TPSA) is 106 Å². The fourth-order valence-corrected chi connectivity index (χ4v) is 5.85. The monoisotopic (exact) mass is 408 g/mol. The van der Waals surface area contributed by atoms with E-state index in [1.54, 1.807) is 12.3 Å². The second-order valence-electron chi connectivity index (χ2n) is 8.64. The van der Waals surface area contributed by atoms with Gasteiger partial charge in [-0.05, 0) is 37.9 Å². The Kier molecular flexibility index (Phi) is 6.20. The van der Waals surface area contributed by atoms with Crippen LogP contribution in [0.2, 0.25) is 0 Å². The minimum Gasteiger partial charge on any atom is -0.397 e. The average Bonchev–Trinajstić information content (AvgIpc) is 3.11. The number of aliphatic hydroxyl groups is 2. The number of aromatic nitrogens is 3. The summed E-state index contributed by atoms with van der Waals surface area (Å²) in [5, 5.41) is 21.6. The van der Waals surface area contributed by atoms with Crippen molar-refractivity contribution in [2.75, 3.05) is 25.2 Å². The zero-order valence-electron chi connectivity index (χ0n) is 17.2. The molecule has 1 aliphatic rings. The fraction of sp³-hybridized carbons (Fsp3) is 0.650. The molecule has 5 atom stereocenters. The molecule has 4 N–H and O–H groups in total. The maximum absolute atomic E-state index is 10.8. The van der Waals surface area contributed by atoms with E-state index in [0.29, 0.717) is 16.9 Å². The second-order valence-corrected chi connectivity index (χ2v) is 12.9. The Labute approximate surface area is 166 Å². The molecule has 156 valence electrons. The summed E-state index contributed by atoms with van der Waals surface area (Å²) in [5.41, 5.74) is 7.84. The van der Waals surface area contributed by atoms with Crippen molar-refractivity contribution in [3.8, 4) is 0 Å². The minimum absolute atomic E-state index is 0.0855. The highest BCUT2D eigenvalue weighted by atomic mass is 31.2. The molecule has 8 heteroatoms. The summed E-state index contributed by atoms with van der Waals surface area (Å²) in [6, 6.07) is 1.72. The number of imidazole rings is 1. The molecule has 0 aromatic carbocycles. The van der Waals surface area contributed by atoms with Crippen molar-refractivity contribution in [1.82, 2.24) is 14.5 Å². The second kappa shape index (κ2) is 8.15. The SMILES string of the molecule is C=P(C)(C)CC(C)[C@H]1O[C@@H](n2c(CCCC)nc3c(N)ccnc32)[C@H](O)[C@@H]1O. The number of aliphatic hydroxyl groups excluding tert-OH is 2. The van der Waals surface area contributed by atoms with Crippen LogP contribution in [0.15, 0.2) is 12.3 Å². The summed E-state index contributed by atoms with van der Waals surface area (Å²) in [5.74, 6) is 0.860. The van der Waals surface area contributed by atoms with Crippen LogP contribution in [0.25, 0.3) is 11.2 Å². The summed E-state index contributed by atoms with van der Waals surface area (Å²) >= 11 is 0. The number of nitrogens with two attached hydrogens (primary N) is 1. The largest absolute Gasteiger partial charge is 0.397 e. The molecular formula is C20H33N4O3P. The molecule has 0 spiro atoms. The number of nitrogen functional groups attached to an aromatic ring is 1. The smallest absolute Gasteiger partial charge is 0.165 e. The molecule has 3 heterocycles. The van der Waals surface area contributed by atoms with Gasteiger partial charge in [0.2, 0.25) is 0 Å². The lowest BCUT2D eigenvalue weighted by atomic mass is 10.00. The van der Waals surface area contributed by atoms with E-state index in [9.17, 15) is 10.2 Å². The summed E-state index contributed by atoms with van der Waals surface area (Å²) in [4.78, 5) is 9.13. The number of anilines is 1. The van der Waals surface area contributed by atoms with Gasteiger partial charge >= 0.3 is 0 Å². The zero-order valence-corrected chi connectivity index (χ0v) is 18.1. The van der Waals surface area contributed by atoms with Gasteiger partial charge < -0.3 is 20.7 Å². The highest BCUT2D eigenvalue weighted by Crippen LogP contribution is 2.43. The van der Waals surface area contributed by atoms with Gasteiger partial charge in [-0.2, -0.15) is 0 Å². The van der Waals surface area contributed by atoms with E-state index in [4.69, 9.17) is 10.5 Å². The van der Waals surface area contributed by atoms with Gasteiger partial charge in [-0.15, -0.1) is 13.2 Å². The molecule has 2 aromatic heterocycles. The average molecular weight is 408 g/mol. The first kappa shape index (κ1) is 21.3. The maximum Gasteiger partial charge on any atom is 0.165 e. The Morgan fingerprint density at radius 1 is 1.36 bits per heavy atom. The molecule has 2 aromatic rings. The first-order valence-electron chi connectivity index (χ1n) is 9.94. The molecule has 0 amide bonds. The number of aryl methyl sites for hydroxylation is 1. The third kappa shape index (κ3) is 4.13. The highest BCUT2D eigenvalue weighted by Gasteiger charge is 2.47. The fourth-order valence-electron chi connectivity index (χ4n) is 4.08. The molecule has 1 unspecified atom stereocenters. The van der Waals surface area contributed by atoms with Gasteiger partial charge in [0, 0.05) is 12.6 Å². The van der Waals surface area contributed by atoms with Crippen molar-refractivity contribution in [2.45, 2.75) is 57.6 Å². The molecule has 3 rings (SSSR count). The quantitative estimate of drug-likeness (QED) is 0.607. The van der Waals surface area contributed by atoms with E-state index >= 15 is 0 Å². The number of unbranched alkanes of at least 4 members (excludes halogenated alkanes) is 1. The normalized spacial score (nSPS) is 26.8. The number of pyridine rings is 1. The van der Waals surface area contributed by atoms with E-state index in [2.05, 4.69) is 43.4 Å². The van der Waals surface area contributed by atoms with E-state index in [0.717, 1.165) is 31.2 Å². The number of hydrogen-bond donors (Lipinski definition) is 3. The molecular weight excluding hydrogens is 375 g/mol. The van der Waals surface area contributed by atoms with Crippen LogP contribution in [0.4, 0.5) is 5.69 Å². The first-order chi connectivity index (χ1) is 13.1. The van der Waals surface area contributed by atoms with Crippen LogP contribution in [0.5, 0.6) is 0 Å². The lowest BCUT2D eigenvalue weighted by molar-refractivity contribution is -0.0499. The Balaban J connectivity index is 1.99. The number of nitrogens with zero attached hydrogens (tertiary/aromatic N) is 3. The Hall–Kier alpha value is -1.40. The van der Waals surface area contributed by atoms with Crippen LogP contribution in [-0.2, 0) is 11.2 Å². The molecule has 0 aliphatic carbocycles. The summed E-state index contributed by atoms with van der Waals surface area (Å²) in [6.45, 7) is 7.21. The molecule has 7 nitrogen and oxygen atoms in total. The third-order valence-electron chi connectivity index (χ3n) is 5.31. The van der Waals surface area contributed by atoms with Gasteiger partial charge in [-0.25, -0.2) is 9.97 Å². The number of ether oxygens (including phenoxy) is 1. The van der Waals surface area contributed by atoms with Crippen molar-refractivity contribution < 1.29 is 14.9 Å². The van der Waals surface area contributed by atoms with Crippen molar-refractivity contribution in [1.29, 1.82) is 0 Å². The maximum atomic E-state index is 10.8. The van der Waals surface area contributed by atoms with Crippen LogP contribution in [-0.4, -0.2) is 68.9 Å². The van der Waals surface area contributed by atoms with Crippen molar-refractivity contribution in [3.05, 3.63) is 18.1 Å². The Morgan fingerprint density at radius 3 is 2.71 bits per heavy atom. The van der Waals surface area contributed by atoms with Gasteiger partial charge in [0.05, 0.1) is 11.8 Å². The lowest BCUT2D eigenvalue weighted by Gasteiger charge is -2.26. The van der Waals surface area contributed by atoms with Crippen LogP contribution in [0, 0.1) is 5.92 Å².